The second-order valence-electron chi connectivity index (χ2n) is 3.20. The molecule has 1 rings (SSSR count). The highest BCUT2D eigenvalue weighted by atomic mass is 16.3. The molecule has 3 heteroatoms. The van der Waals surface area contributed by atoms with Crippen LogP contribution in [0.15, 0.2) is 0 Å². The number of rotatable bonds is 4. The first-order valence-electron chi connectivity index (χ1n) is 4.38. The smallest absolute Gasteiger partial charge is 0.0679 e. The maximum Gasteiger partial charge on any atom is 0.0679 e. The van der Waals surface area contributed by atoms with Crippen molar-refractivity contribution >= 4 is 0 Å². The number of nitrogens with zero attached hydrogens (tertiary/aromatic N) is 1. The van der Waals surface area contributed by atoms with Crippen molar-refractivity contribution in [2.75, 3.05) is 33.2 Å². The molecule has 3 nitrogen and oxygen atoms in total. The van der Waals surface area contributed by atoms with E-state index in [1.807, 2.05) is 7.05 Å². The first-order chi connectivity index (χ1) is 5.33. The van der Waals surface area contributed by atoms with Crippen molar-refractivity contribution in [3.8, 4) is 0 Å². The minimum absolute atomic E-state index is 0.0652. The van der Waals surface area contributed by atoms with Gasteiger partial charge in [0.2, 0.25) is 0 Å². The van der Waals surface area contributed by atoms with Crippen molar-refractivity contribution < 1.29 is 5.11 Å². The third-order valence-electron chi connectivity index (χ3n) is 2.15. The van der Waals surface area contributed by atoms with Gasteiger partial charge >= 0.3 is 0 Å². The summed E-state index contributed by atoms with van der Waals surface area (Å²) < 4.78 is 0. The third-order valence-corrected chi connectivity index (χ3v) is 2.15. The number of nitrogens with one attached hydrogen (secondary N) is 1. The van der Waals surface area contributed by atoms with Crippen molar-refractivity contribution in [3.05, 3.63) is 0 Å². The maximum atomic E-state index is 9.20. The molecular formula is C8H18N2O. The van der Waals surface area contributed by atoms with Gasteiger partial charge in [0.15, 0.2) is 0 Å². The number of likely N-dealkylation sites (tertiary alicyclic amines) is 1. The van der Waals surface area contributed by atoms with Crippen LogP contribution in [0.3, 0.4) is 0 Å². The Hall–Kier alpha value is -0.120. The Bertz CT molecular complexity index is 108. The van der Waals surface area contributed by atoms with E-state index in [1.165, 1.54) is 6.42 Å². The Morgan fingerprint density at radius 2 is 2.45 bits per heavy atom. The molecule has 1 aliphatic rings. The van der Waals surface area contributed by atoms with Crippen molar-refractivity contribution in [2.45, 2.75) is 18.9 Å². The van der Waals surface area contributed by atoms with Crippen LogP contribution < -0.4 is 5.32 Å². The molecule has 0 radical (unpaired) electrons. The predicted octanol–water partition coefficient (Wildman–Crippen LogP) is -0.338. The van der Waals surface area contributed by atoms with E-state index in [4.69, 9.17) is 0 Å². The molecule has 0 spiro atoms. The molecule has 1 fully saturated rings. The quantitative estimate of drug-likeness (QED) is 0.550. The molecular weight excluding hydrogens is 140 g/mol. The molecule has 66 valence electrons. The van der Waals surface area contributed by atoms with Gasteiger partial charge in [0.25, 0.3) is 0 Å². The molecule has 0 saturated carbocycles. The lowest BCUT2D eigenvalue weighted by atomic mass is 10.3. The van der Waals surface area contributed by atoms with Crippen molar-refractivity contribution in [1.29, 1.82) is 0 Å². The van der Waals surface area contributed by atoms with Crippen molar-refractivity contribution in [1.82, 2.24) is 10.2 Å². The summed E-state index contributed by atoms with van der Waals surface area (Å²) in [7, 11) is 1.97. The highest BCUT2D eigenvalue weighted by Crippen LogP contribution is 2.07. The largest absolute Gasteiger partial charge is 0.392 e. The van der Waals surface area contributed by atoms with E-state index in [-0.39, 0.29) is 6.10 Å². The molecule has 1 atom stereocenters. The summed E-state index contributed by atoms with van der Waals surface area (Å²) in [5, 5.41) is 12.3. The number of hydrogen-bond acceptors (Lipinski definition) is 3. The summed E-state index contributed by atoms with van der Waals surface area (Å²) in [4.78, 5) is 2.32. The van der Waals surface area contributed by atoms with Gasteiger partial charge in [-0.3, -0.25) is 0 Å². The summed E-state index contributed by atoms with van der Waals surface area (Å²) in [6.45, 7) is 4.15. The Balaban J connectivity index is 1.99. The molecule has 1 aliphatic heterocycles. The van der Waals surface area contributed by atoms with Crippen LogP contribution >= 0.6 is 0 Å². The monoisotopic (exact) mass is 158 g/mol. The first-order valence-corrected chi connectivity index (χ1v) is 4.38. The Kier molecular flexibility index (Phi) is 3.83. The van der Waals surface area contributed by atoms with Gasteiger partial charge in [-0.05, 0) is 33.0 Å². The molecule has 2 N–H and O–H groups in total. The average molecular weight is 158 g/mol. The topological polar surface area (TPSA) is 35.5 Å². The fourth-order valence-electron chi connectivity index (χ4n) is 1.49. The lowest BCUT2D eigenvalue weighted by molar-refractivity contribution is 0.176. The molecule has 0 amide bonds. The third kappa shape index (κ3) is 3.18. The van der Waals surface area contributed by atoms with E-state index in [0.717, 1.165) is 32.6 Å². The molecule has 1 heterocycles. The highest BCUT2D eigenvalue weighted by Gasteiger charge is 2.18. The number of aliphatic hydroxyl groups excluding tert-OH is 1. The molecule has 0 aromatic heterocycles. The standard InChI is InChI=1S/C8H18N2O/c1-9-4-2-5-10-6-3-8(11)7-10/h8-9,11H,2-7H2,1H3/t8-/m0/s1. The minimum Gasteiger partial charge on any atom is -0.392 e. The van der Waals surface area contributed by atoms with E-state index in [2.05, 4.69) is 10.2 Å². The fraction of sp³-hybridized carbons (Fsp3) is 1.00. The van der Waals surface area contributed by atoms with Crippen LogP contribution in [0.1, 0.15) is 12.8 Å². The lowest BCUT2D eigenvalue weighted by Crippen LogP contribution is -2.25. The van der Waals surface area contributed by atoms with Crippen LogP contribution in [0, 0.1) is 0 Å². The van der Waals surface area contributed by atoms with Gasteiger partial charge < -0.3 is 15.3 Å². The van der Waals surface area contributed by atoms with Crippen molar-refractivity contribution in [2.24, 2.45) is 0 Å². The van der Waals surface area contributed by atoms with Gasteiger partial charge in [-0.2, -0.15) is 0 Å². The number of β-amino-alcohol motifs (C(OH)–C–C–N with tert-alkyl or cyclic N) is 1. The SMILES string of the molecule is CNCCCN1CC[C@H](O)C1. The van der Waals surface area contributed by atoms with Crippen LogP contribution in [0.5, 0.6) is 0 Å². The van der Waals surface area contributed by atoms with Gasteiger partial charge in [-0.1, -0.05) is 0 Å². The molecule has 0 aromatic carbocycles. The predicted molar refractivity (Wildman–Crippen MR) is 45.6 cm³/mol. The normalized spacial score (nSPS) is 26.2. The maximum absolute atomic E-state index is 9.20. The average Bonchev–Trinajstić information content (AvgIpc) is 2.37. The van der Waals surface area contributed by atoms with E-state index in [0.29, 0.717) is 0 Å². The Labute approximate surface area is 68.4 Å². The van der Waals surface area contributed by atoms with Crippen molar-refractivity contribution in [3.63, 3.8) is 0 Å². The minimum atomic E-state index is -0.0652. The summed E-state index contributed by atoms with van der Waals surface area (Å²) in [5.41, 5.74) is 0. The second-order valence-corrected chi connectivity index (χ2v) is 3.20. The lowest BCUT2D eigenvalue weighted by Gasteiger charge is -2.13. The first kappa shape index (κ1) is 8.97. The summed E-state index contributed by atoms with van der Waals surface area (Å²) >= 11 is 0. The second kappa shape index (κ2) is 4.70. The van der Waals surface area contributed by atoms with Crippen LogP contribution in [0.4, 0.5) is 0 Å². The van der Waals surface area contributed by atoms with Crippen LogP contribution in [-0.2, 0) is 0 Å². The van der Waals surface area contributed by atoms with E-state index in [1.54, 1.807) is 0 Å². The zero-order valence-electron chi connectivity index (χ0n) is 7.21. The van der Waals surface area contributed by atoms with Gasteiger partial charge in [0, 0.05) is 13.1 Å². The summed E-state index contributed by atoms with van der Waals surface area (Å²) in [6.07, 6.45) is 2.08. The molecule has 1 saturated heterocycles. The molecule has 0 aromatic rings. The fourth-order valence-corrected chi connectivity index (χ4v) is 1.49. The van der Waals surface area contributed by atoms with E-state index in [9.17, 15) is 5.11 Å². The van der Waals surface area contributed by atoms with E-state index >= 15 is 0 Å². The van der Waals surface area contributed by atoms with Gasteiger partial charge in [-0.25, -0.2) is 0 Å². The highest BCUT2D eigenvalue weighted by molar-refractivity contribution is 4.73. The molecule has 0 bridgehead atoms. The molecule has 11 heavy (non-hydrogen) atoms. The van der Waals surface area contributed by atoms with Crippen LogP contribution in [0.25, 0.3) is 0 Å². The Morgan fingerprint density at radius 1 is 1.64 bits per heavy atom. The van der Waals surface area contributed by atoms with Crippen LogP contribution in [0.2, 0.25) is 0 Å². The van der Waals surface area contributed by atoms with Gasteiger partial charge in [0.05, 0.1) is 6.10 Å². The summed E-state index contributed by atoms with van der Waals surface area (Å²) in [6, 6.07) is 0. The summed E-state index contributed by atoms with van der Waals surface area (Å²) in [5.74, 6) is 0. The number of hydrogen-bond donors (Lipinski definition) is 2. The zero-order chi connectivity index (χ0) is 8.10. The number of aliphatic hydroxyl groups is 1. The zero-order valence-corrected chi connectivity index (χ0v) is 7.21. The van der Waals surface area contributed by atoms with Gasteiger partial charge in [0.1, 0.15) is 0 Å². The molecule has 0 unspecified atom stereocenters. The van der Waals surface area contributed by atoms with E-state index < -0.39 is 0 Å². The Morgan fingerprint density at radius 3 is 3.00 bits per heavy atom. The van der Waals surface area contributed by atoms with Gasteiger partial charge in [-0.15, -0.1) is 0 Å². The van der Waals surface area contributed by atoms with Crippen LogP contribution in [-0.4, -0.2) is 49.3 Å². The molecule has 0 aliphatic carbocycles.